The number of hydrogen-bond acceptors (Lipinski definition) is 6. The molecular formula is C13H14N4O3. The number of aromatic nitrogens is 2. The molecular weight excluding hydrogens is 260 g/mol. The zero-order chi connectivity index (χ0) is 14.1. The largest absolute Gasteiger partial charge is 0.391 e. The minimum absolute atomic E-state index is 0.0195. The summed E-state index contributed by atoms with van der Waals surface area (Å²) in [6.45, 7) is 1.28. The highest BCUT2D eigenvalue weighted by molar-refractivity contribution is 5.91. The topological polar surface area (TPSA) is 92.4 Å². The molecule has 1 atom stereocenters. The van der Waals surface area contributed by atoms with Crippen molar-refractivity contribution in [2.24, 2.45) is 0 Å². The third-order valence-electron chi connectivity index (χ3n) is 3.50. The van der Waals surface area contributed by atoms with E-state index in [1.54, 1.807) is 6.07 Å². The molecule has 0 saturated carbocycles. The van der Waals surface area contributed by atoms with Crippen LogP contribution in [0.25, 0.3) is 10.9 Å². The second-order valence-electron chi connectivity index (χ2n) is 4.90. The molecule has 20 heavy (non-hydrogen) atoms. The van der Waals surface area contributed by atoms with E-state index in [1.807, 2.05) is 4.90 Å². The molecule has 1 aromatic heterocycles. The molecule has 0 amide bonds. The van der Waals surface area contributed by atoms with Crippen molar-refractivity contribution in [2.45, 2.75) is 18.9 Å². The molecule has 1 N–H and O–H groups in total. The standard InChI is InChI=1S/C13H14N4O3/c18-10-2-1-5-16(7-10)13-11-6-9(17(19)20)3-4-12(11)14-8-15-13/h3-4,6,8,10,18H,1-2,5,7H2/t10-/m0/s1. The van der Waals surface area contributed by atoms with Gasteiger partial charge in [0.05, 0.1) is 16.5 Å². The Hall–Kier alpha value is -2.28. The lowest BCUT2D eigenvalue weighted by Crippen LogP contribution is -2.38. The summed E-state index contributed by atoms with van der Waals surface area (Å²) in [5, 5.41) is 21.3. The molecule has 1 aliphatic rings. The number of aliphatic hydroxyl groups excluding tert-OH is 1. The van der Waals surface area contributed by atoms with Crippen molar-refractivity contribution in [3.63, 3.8) is 0 Å². The molecule has 7 nitrogen and oxygen atoms in total. The average molecular weight is 274 g/mol. The number of nitro benzene ring substituents is 1. The molecule has 0 radical (unpaired) electrons. The van der Waals surface area contributed by atoms with Gasteiger partial charge in [0.1, 0.15) is 12.1 Å². The van der Waals surface area contributed by atoms with Gasteiger partial charge < -0.3 is 10.0 Å². The van der Waals surface area contributed by atoms with Gasteiger partial charge in [0, 0.05) is 30.6 Å². The van der Waals surface area contributed by atoms with Crippen LogP contribution >= 0.6 is 0 Å². The number of rotatable bonds is 2. The van der Waals surface area contributed by atoms with Crippen molar-refractivity contribution in [2.75, 3.05) is 18.0 Å². The minimum Gasteiger partial charge on any atom is -0.391 e. The van der Waals surface area contributed by atoms with Gasteiger partial charge in [0.2, 0.25) is 0 Å². The van der Waals surface area contributed by atoms with E-state index < -0.39 is 4.92 Å². The van der Waals surface area contributed by atoms with Crippen LogP contribution in [0.1, 0.15) is 12.8 Å². The molecule has 2 aromatic rings. The maximum Gasteiger partial charge on any atom is 0.270 e. The molecule has 1 aromatic carbocycles. The van der Waals surface area contributed by atoms with Gasteiger partial charge in [-0.1, -0.05) is 0 Å². The van der Waals surface area contributed by atoms with Gasteiger partial charge >= 0.3 is 0 Å². The monoisotopic (exact) mass is 274 g/mol. The van der Waals surface area contributed by atoms with E-state index in [0.717, 1.165) is 19.4 Å². The van der Waals surface area contributed by atoms with Crippen LogP contribution in [0, 0.1) is 10.1 Å². The van der Waals surface area contributed by atoms with Crippen LogP contribution in [0.5, 0.6) is 0 Å². The van der Waals surface area contributed by atoms with E-state index in [4.69, 9.17) is 0 Å². The number of aliphatic hydroxyl groups is 1. The van der Waals surface area contributed by atoms with Crippen LogP contribution in [0.15, 0.2) is 24.5 Å². The normalized spacial score (nSPS) is 19.2. The fourth-order valence-corrected chi connectivity index (χ4v) is 2.54. The second kappa shape index (κ2) is 5.01. The van der Waals surface area contributed by atoms with Crippen LogP contribution < -0.4 is 4.90 Å². The number of benzene rings is 1. The number of piperidine rings is 1. The van der Waals surface area contributed by atoms with Crippen molar-refractivity contribution >= 4 is 22.4 Å². The Morgan fingerprint density at radius 3 is 3.00 bits per heavy atom. The summed E-state index contributed by atoms with van der Waals surface area (Å²) >= 11 is 0. The number of nitrogens with zero attached hydrogens (tertiary/aromatic N) is 4. The van der Waals surface area contributed by atoms with Crippen LogP contribution in [0.2, 0.25) is 0 Å². The van der Waals surface area contributed by atoms with Crippen molar-refractivity contribution in [1.82, 2.24) is 9.97 Å². The van der Waals surface area contributed by atoms with Crippen molar-refractivity contribution in [3.05, 3.63) is 34.6 Å². The summed E-state index contributed by atoms with van der Waals surface area (Å²) in [4.78, 5) is 20.8. The zero-order valence-electron chi connectivity index (χ0n) is 10.8. The van der Waals surface area contributed by atoms with E-state index in [2.05, 4.69) is 9.97 Å². The van der Waals surface area contributed by atoms with E-state index in [1.165, 1.54) is 18.5 Å². The maximum absolute atomic E-state index is 10.9. The maximum atomic E-state index is 10.9. The Balaban J connectivity index is 2.09. The molecule has 3 rings (SSSR count). The van der Waals surface area contributed by atoms with Gasteiger partial charge in [0.15, 0.2) is 0 Å². The second-order valence-corrected chi connectivity index (χ2v) is 4.90. The van der Waals surface area contributed by atoms with E-state index >= 15 is 0 Å². The predicted octanol–water partition coefficient (Wildman–Crippen LogP) is 1.50. The molecule has 0 aliphatic carbocycles. The number of anilines is 1. The molecule has 1 saturated heterocycles. The van der Waals surface area contributed by atoms with Crippen LogP contribution in [0.3, 0.4) is 0 Å². The Bertz CT molecular complexity index is 661. The first-order chi connectivity index (χ1) is 9.65. The summed E-state index contributed by atoms with van der Waals surface area (Å²) in [6.07, 6.45) is 2.72. The van der Waals surface area contributed by atoms with Crippen molar-refractivity contribution < 1.29 is 10.0 Å². The van der Waals surface area contributed by atoms with Gasteiger partial charge in [-0.05, 0) is 18.9 Å². The molecule has 0 unspecified atom stereocenters. The predicted molar refractivity (Wildman–Crippen MR) is 73.6 cm³/mol. The lowest BCUT2D eigenvalue weighted by Gasteiger charge is -2.31. The average Bonchev–Trinajstić information content (AvgIpc) is 2.46. The molecule has 1 aliphatic heterocycles. The van der Waals surface area contributed by atoms with E-state index in [-0.39, 0.29) is 11.8 Å². The van der Waals surface area contributed by atoms with E-state index in [9.17, 15) is 15.2 Å². The van der Waals surface area contributed by atoms with Crippen LogP contribution in [-0.4, -0.2) is 39.2 Å². The molecule has 0 bridgehead atoms. The third kappa shape index (κ3) is 2.27. The van der Waals surface area contributed by atoms with Crippen molar-refractivity contribution in [3.8, 4) is 0 Å². The minimum atomic E-state index is -0.429. The highest BCUT2D eigenvalue weighted by Crippen LogP contribution is 2.28. The summed E-state index contributed by atoms with van der Waals surface area (Å²) in [6, 6.07) is 4.55. The number of non-ortho nitro benzene ring substituents is 1. The van der Waals surface area contributed by atoms with Gasteiger partial charge in [0.25, 0.3) is 5.69 Å². The Labute approximate surface area is 115 Å². The highest BCUT2D eigenvalue weighted by Gasteiger charge is 2.21. The third-order valence-corrected chi connectivity index (χ3v) is 3.50. The molecule has 7 heteroatoms. The first-order valence-corrected chi connectivity index (χ1v) is 6.47. The summed E-state index contributed by atoms with van der Waals surface area (Å²) < 4.78 is 0. The number of fused-ring (bicyclic) bond motifs is 1. The van der Waals surface area contributed by atoms with Gasteiger partial charge in [-0.15, -0.1) is 0 Å². The van der Waals surface area contributed by atoms with E-state index in [0.29, 0.717) is 23.3 Å². The lowest BCUT2D eigenvalue weighted by molar-refractivity contribution is -0.384. The SMILES string of the molecule is O=[N+]([O-])c1ccc2ncnc(N3CCC[C@H](O)C3)c2c1. The molecule has 0 spiro atoms. The summed E-state index contributed by atoms with van der Waals surface area (Å²) in [5.74, 6) is 0.650. The highest BCUT2D eigenvalue weighted by atomic mass is 16.6. The number of nitro groups is 1. The number of β-amino-alcohol motifs (C(OH)–C–C–N with tert-alkyl or cyclic N) is 1. The Morgan fingerprint density at radius 2 is 2.25 bits per heavy atom. The first-order valence-electron chi connectivity index (χ1n) is 6.47. The Kier molecular flexibility index (Phi) is 3.19. The summed E-state index contributed by atoms with van der Waals surface area (Å²) in [7, 11) is 0. The smallest absolute Gasteiger partial charge is 0.270 e. The first kappa shape index (κ1) is 12.7. The fourth-order valence-electron chi connectivity index (χ4n) is 2.54. The number of hydrogen-bond donors (Lipinski definition) is 1. The molecule has 1 fully saturated rings. The van der Waals surface area contributed by atoms with Gasteiger partial charge in [-0.3, -0.25) is 10.1 Å². The molecule has 104 valence electrons. The van der Waals surface area contributed by atoms with Crippen LogP contribution in [0.4, 0.5) is 11.5 Å². The van der Waals surface area contributed by atoms with Gasteiger partial charge in [-0.2, -0.15) is 0 Å². The lowest BCUT2D eigenvalue weighted by atomic mass is 10.1. The quantitative estimate of drug-likeness (QED) is 0.659. The molecule has 2 heterocycles. The van der Waals surface area contributed by atoms with Crippen LogP contribution in [-0.2, 0) is 0 Å². The van der Waals surface area contributed by atoms with Crippen molar-refractivity contribution in [1.29, 1.82) is 0 Å². The Morgan fingerprint density at radius 1 is 1.40 bits per heavy atom. The van der Waals surface area contributed by atoms with Gasteiger partial charge in [-0.25, -0.2) is 9.97 Å². The summed E-state index contributed by atoms with van der Waals surface area (Å²) in [5.41, 5.74) is 0.687. The fraction of sp³-hybridized carbons (Fsp3) is 0.385. The zero-order valence-corrected chi connectivity index (χ0v) is 10.8.